The molecule has 18 heavy (non-hydrogen) atoms. The van der Waals surface area contributed by atoms with Crippen molar-refractivity contribution < 1.29 is 14.3 Å². The normalized spacial score (nSPS) is 11.1. The fourth-order valence-corrected chi connectivity index (χ4v) is 1.19. The molecule has 0 heterocycles. The molecule has 3 N–H and O–H groups in total. The van der Waals surface area contributed by atoms with Crippen molar-refractivity contribution in [1.29, 1.82) is 0 Å². The van der Waals surface area contributed by atoms with Crippen LogP contribution in [0.2, 0.25) is 0 Å². The summed E-state index contributed by atoms with van der Waals surface area (Å²) in [6.07, 6.45) is 1.29. The molecule has 0 aromatic rings. The standard InChI is InChI=1S/C12H27N3O3/c1-15(2)7-11-17-8-3-5-14-6-10-18-9-4-12(13)16/h14H,3-11H2,1-2H3,(H2,13,16). The number of hydrogen-bond donors (Lipinski definition) is 2. The number of carbonyl (C=O) groups is 1. The summed E-state index contributed by atoms with van der Waals surface area (Å²) < 4.78 is 10.7. The Morgan fingerprint density at radius 3 is 2.50 bits per heavy atom. The molecule has 108 valence electrons. The van der Waals surface area contributed by atoms with E-state index in [2.05, 4.69) is 10.2 Å². The smallest absolute Gasteiger partial charge is 0.219 e. The van der Waals surface area contributed by atoms with Gasteiger partial charge in [-0.25, -0.2) is 0 Å². The number of hydrogen-bond acceptors (Lipinski definition) is 5. The van der Waals surface area contributed by atoms with Gasteiger partial charge in [-0.1, -0.05) is 0 Å². The summed E-state index contributed by atoms with van der Waals surface area (Å²) in [7, 11) is 4.06. The number of primary amides is 1. The van der Waals surface area contributed by atoms with Gasteiger partial charge in [0.1, 0.15) is 0 Å². The number of likely N-dealkylation sites (N-methyl/N-ethyl adjacent to an activating group) is 1. The zero-order chi connectivity index (χ0) is 13.6. The van der Waals surface area contributed by atoms with E-state index in [0.29, 0.717) is 19.6 Å². The van der Waals surface area contributed by atoms with Crippen molar-refractivity contribution in [1.82, 2.24) is 10.2 Å². The molecule has 6 nitrogen and oxygen atoms in total. The summed E-state index contributed by atoms with van der Waals surface area (Å²) >= 11 is 0. The van der Waals surface area contributed by atoms with Crippen LogP contribution >= 0.6 is 0 Å². The zero-order valence-corrected chi connectivity index (χ0v) is 11.6. The summed E-state index contributed by atoms with van der Waals surface area (Å²) in [5.74, 6) is -0.321. The van der Waals surface area contributed by atoms with Crippen LogP contribution in [-0.2, 0) is 14.3 Å². The summed E-state index contributed by atoms with van der Waals surface area (Å²) in [5.41, 5.74) is 4.98. The summed E-state index contributed by atoms with van der Waals surface area (Å²) in [6, 6.07) is 0. The minimum atomic E-state index is -0.321. The van der Waals surface area contributed by atoms with E-state index in [4.69, 9.17) is 15.2 Å². The molecule has 0 rings (SSSR count). The van der Waals surface area contributed by atoms with Crippen molar-refractivity contribution in [3.05, 3.63) is 0 Å². The fourth-order valence-electron chi connectivity index (χ4n) is 1.19. The molecule has 6 heteroatoms. The summed E-state index contributed by atoms with van der Waals surface area (Å²) in [4.78, 5) is 12.5. The Kier molecular flexibility index (Phi) is 12.3. The molecule has 0 aromatic carbocycles. The van der Waals surface area contributed by atoms with Gasteiger partial charge in [-0.3, -0.25) is 4.79 Å². The van der Waals surface area contributed by atoms with Crippen LogP contribution in [0.5, 0.6) is 0 Å². The second kappa shape index (κ2) is 12.8. The lowest BCUT2D eigenvalue weighted by Crippen LogP contribution is -2.23. The van der Waals surface area contributed by atoms with Gasteiger partial charge in [0, 0.05) is 26.1 Å². The van der Waals surface area contributed by atoms with Crippen LogP contribution in [0, 0.1) is 0 Å². The topological polar surface area (TPSA) is 76.8 Å². The van der Waals surface area contributed by atoms with Gasteiger partial charge in [-0.2, -0.15) is 0 Å². The number of nitrogens with zero attached hydrogens (tertiary/aromatic N) is 1. The Balaban J connectivity index is 2.97. The first-order chi connectivity index (χ1) is 8.63. The molecule has 0 unspecified atom stereocenters. The first kappa shape index (κ1) is 17.3. The van der Waals surface area contributed by atoms with E-state index in [9.17, 15) is 4.79 Å². The number of rotatable bonds is 13. The molecule has 0 radical (unpaired) electrons. The van der Waals surface area contributed by atoms with Crippen molar-refractivity contribution >= 4 is 5.91 Å². The monoisotopic (exact) mass is 261 g/mol. The average molecular weight is 261 g/mol. The first-order valence-corrected chi connectivity index (χ1v) is 6.42. The third kappa shape index (κ3) is 15.3. The highest BCUT2D eigenvalue weighted by molar-refractivity contribution is 5.73. The van der Waals surface area contributed by atoms with E-state index >= 15 is 0 Å². The number of nitrogens with one attached hydrogen (secondary N) is 1. The quantitative estimate of drug-likeness (QED) is 0.434. The van der Waals surface area contributed by atoms with Crippen LogP contribution in [0.3, 0.4) is 0 Å². The average Bonchev–Trinajstić information content (AvgIpc) is 2.29. The predicted octanol–water partition coefficient (Wildman–Crippen LogP) is -0.564. The molecule has 0 fully saturated rings. The highest BCUT2D eigenvalue weighted by Crippen LogP contribution is 1.84. The highest BCUT2D eigenvalue weighted by Gasteiger charge is 1.94. The second-order valence-electron chi connectivity index (χ2n) is 4.35. The molecule has 0 bridgehead atoms. The Labute approximate surface area is 110 Å². The Bertz CT molecular complexity index is 201. The second-order valence-corrected chi connectivity index (χ2v) is 4.35. The zero-order valence-electron chi connectivity index (χ0n) is 11.6. The van der Waals surface area contributed by atoms with Gasteiger partial charge in [-0.05, 0) is 27.1 Å². The van der Waals surface area contributed by atoms with E-state index in [1.54, 1.807) is 0 Å². The molecule has 0 saturated heterocycles. The van der Waals surface area contributed by atoms with E-state index in [0.717, 1.165) is 39.3 Å². The first-order valence-electron chi connectivity index (χ1n) is 6.42. The largest absolute Gasteiger partial charge is 0.380 e. The van der Waals surface area contributed by atoms with Crippen LogP contribution in [0.15, 0.2) is 0 Å². The number of carbonyl (C=O) groups excluding carboxylic acids is 1. The van der Waals surface area contributed by atoms with Gasteiger partial charge < -0.3 is 25.4 Å². The molecule has 0 aliphatic rings. The maximum absolute atomic E-state index is 10.4. The van der Waals surface area contributed by atoms with Gasteiger partial charge in [0.05, 0.1) is 19.8 Å². The van der Waals surface area contributed by atoms with E-state index < -0.39 is 0 Å². The molecule has 0 spiro atoms. The predicted molar refractivity (Wildman–Crippen MR) is 71.5 cm³/mol. The van der Waals surface area contributed by atoms with Crippen LogP contribution in [0.25, 0.3) is 0 Å². The van der Waals surface area contributed by atoms with Gasteiger partial charge in [-0.15, -0.1) is 0 Å². The van der Waals surface area contributed by atoms with Crippen LogP contribution < -0.4 is 11.1 Å². The summed E-state index contributed by atoms with van der Waals surface area (Å²) in [5, 5.41) is 3.24. The van der Waals surface area contributed by atoms with E-state index in [1.807, 2.05) is 14.1 Å². The third-order valence-corrected chi connectivity index (χ3v) is 2.24. The van der Waals surface area contributed by atoms with Gasteiger partial charge in [0.15, 0.2) is 0 Å². The molecule has 0 aromatic heterocycles. The SMILES string of the molecule is CN(C)CCOCCCNCCOCCC(N)=O. The van der Waals surface area contributed by atoms with Crippen molar-refractivity contribution in [3.63, 3.8) is 0 Å². The molecule has 0 aliphatic heterocycles. The minimum Gasteiger partial charge on any atom is -0.380 e. The number of ether oxygens (including phenoxy) is 2. The van der Waals surface area contributed by atoms with Crippen LogP contribution in [-0.4, -0.2) is 71.0 Å². The maximum atomic E-state index is 10.4. The van der Waals surface area contributed by atoms with Crippen molar-refractivity contribution in [2.75, 3.05) is 60.2 Å². The van der Waals surface area contributed by atoms with Gasteiger partial charge >= 0.3 is 0 Å². The molecular weight excluding hydrogens is 234 g/mol. The Hall–Kier alpha value is -0.690. The van der Waals surface area contributed by atoms with Gasteiger partial charge in [0.25, 0.3) is 0 Å². The Morgan fingerprint density at radius 2 is 1.83 bits per heavy atom. The molecular formula is C12H27N3O3. The number of amides is 1. The van der Waals surface area contributed by atoms with Crippen LogP contribution in [0.4, 0.5) is 0 Å². The lowest BCUT2D eigenvalue weighted by atomic mass is 10.4. The van der Waals surface area contributed by atoms with Crippen LogP contribution in [0.1, 0.15) is 12.8 Å². The summed E-state index contributed by atoms with van der Waals surface area (Å²) in [6.45, 7) is 5.24. The lowest BCUT2D eigenvalue weighted by molar-refractivity contribution is -0.119. The minimum absolute atomic E-state index is 0.291. The molecule has 0 atom stereocenters. The third-order valence-electron chi connectivity index (χ3n) is 2.24. The maximum Gasteiger partial charge on any atom is 0.219 e. The lowest BCUT2D eigenvalue weighted by Gasteiger charge is -2.10. The molecule has 0 saturated carbocycles. The van der Waals surface area contributed by atoms with Crippen molar-refractivity contribution in [2.24, 2.45) is 5.73 Å². The Morgan fingerprint density at radius 1 is 1.11 bits per heavy atom. The number of nitrogens with two attached hydrogens (primary N) is 1. The van der Waals surface area contributed by atoms with Crippen molar-refractivity contribution in [2.45, 2.75) is 12.8 Å². The fraction of sp³-hybridized carbons (Fsp3) is 0.917. The molecule has 0 aliphatic carbocycles. The van der Waals surface area contributed by atoms with Gasteiger partial charge in [0.2, 0.25) is 5.91 Å². The highest BCUT2D eigenvalue weighted by atomic mass is 16.5. The molecule has 1 amide bonds. The van der Waals surface area contributed by atoms with E-state index in [1.165, 1.54) is 0 Å². The van der Waals surface area contributed by atoms with Crippen molar-refractivity contribution in [3.8, 4) is 0 Å². The van der Waals surface area contributed by atoms with E-state index in [-0.39, 0.29) is 5.91 Å².